The van der Waals surface area contributed by atoms with Crippen molar-refractivity contribution in [1.29, 1.82) is 0 Å². The molecule has 2 unspecified atom stereocenters. The summed E-state index contributed by atoms with van der Waals surface area (Å²) in [5, 5.41) is 7.10. The molecule has 0 spiro atoms. The summed E-state index contributed by atoms with van der Waals surface area (Å²) in [6.45, 7) is 6.61. The molecule has 1 aromatic rings. The van der Waals surface area contributed by atoms with Crippen LogP contribution in [0.25, 0.3) is 0 Å². The Labute approximate surface area is 116 Å². The molecule has 3 heteroatoms. The average molecular weight is 260 g/mol. The Bertz CT molecular complexity index is 429. The zero-order chi connectivity index (χ0) is 13.8. The summed E-state index contributed by atoms with van der Waals surface area (Å²) in [4.78, 5) is 0. The third-order valence-electron chi connectivity index (χ3n) is 3.92. The highest BCUT2D eigenvalue weighted by atomic mass is 16.5. The smallest absolute Gasteiger partial charge is 0.118 e. The summed E-state index contributed by atoms with van der Waals surface area (Å²) in [5.41, 5.74) is 2.23. The van der Waals surface area contributed by atoms with E-state index in [1.807, 2.05) is 12.1 Å². The maximum atomic E-state index is 5.18. The van der Waals surface area contributed by atoms with Crippen molar-refractivity contribution < 1.29 is 4.74 Å². The van der Waals surface area contributed by atoms with Gasteiger partial charge in [-0.1, -0.05) is 0 Å². The molecule has 2 rings (SSSR count). The number of hydrogen-bond acceptors (Lipinski definition) is 3. The van der Waals surface area contributed by atoms with E-state index < -0.39 is 0 Å². The quantitative estimate of drug-likeness (QED) is 0.774. The van der Waals surface area contributed by atoms with Crippen LogP contribution < -0.4 is 4.74 Å². The van der Waals surface area contributed by atoms with Crippen LogP contribution in [0.15, 0.2) is 29.4 Å². The fraction of sp³-hybridized carbons (Fsp3) is 0.562. The molecule has 1 aromatic carbocycles. The fourth-order valence-electron chi connectivity index (χ4n) is 2.67. The molecule has 1 heterocycles. The van der Waals surface area contributed by atoms with Gasteiger partial charge in [-0.2, -0.15) is 5.10 Å². The average Bonchev–Trinajstić information content (AvgIpc) is 2.43. The monoisotopic (exact) mass is 260 g/mol. The molecule has 1 saturated heterocycles. The minimum Gasteiger partial charge on any atom is -0.497 e. The first-order valence-electron chi connectivity index (χ1n) is 7.09. The number of hydrogen-bond donors (Lipinski definition) is 0. The van der Waals surface area contributed by atoms with Crippen LogP contribution in [0.3, 0.4) is 0 Å². The predicted octanol–water partition coefficient (Wildman–Crippen LogP) is 3.68. The van der Waals surface area contributed by atoms with E-state index in [9.17, 15) is 0 Å². The van der Waals surface area contributed by atoms with Crippen molar-refractivity contribution in [3.05, 3.63) is 29.8 Å². The third kappa shape index (κ3) is 3.28. The van der Waals surface area contributed by atoms with E-state index in [0.717, 1.165) is 17.0 Å². The van der Waals surface area contributed by atoms with Gasteiger partial charge >= 0.3 is 0 Å². The van der Waals surface area contributed by atoms with E-state index in [-0.39, 0.29) is 0 Å². The van der Waals surface area contributed by atoms with E-state index in [2.05, 4.69) is 37.9 Å². The van der Waals surface area contributed by atoms with Crippen molar-refractivity contribution in [2.75, 3.05) is 7.11 Å². The summed E-state index contributed by atoms with van der Waals surface area (Å²) in [5.74, 6) is 0.885. The van der Waals surface area contributed by atoms with Gasteiger partial charge in [-0.3, -0.25) is 5.01 Å². The second-order valence-electron chi connectivity index (χ2n) is 5.42. The SMILES string of the molecule is COc1ccc(C(C)=NN2C(C)CCCC2C)cc1. The molecule has 1 fully saturated rings. The first kappa shape index (κ1) is 13.9. The van der Waals surface area contributed by atoms with Crippen LogP contribution in [0.2, 0.25) is 0 Å². The highest BCUT2D eigenvalue weighted by Gasteiger charge is 2.23. The van der Waals surface area contributed by atoms with Gasteiger partial charge in [0.25, 0.3) is 0 Å². The van der Waals surface area contributed by atoms with Crippen molar-refractivity contribution in [3.63, 3.8) is 0 Å². The molecule has 0 saturated carbocycles. The maximum absolute atomic E-state index is 5.18. The van der Waals surface area contributed by atoms with Gasteiger partial charge in [0.2, 0.25) is 0 Å². The van der Waals surface area contributed by atoms with E-state index >= 15 is 0 Å². The first-order chi connectivity index (χ1) is 9.11. The summed E-state index contributed by atoms with van der Waals surface area (Å²) in [6.07, 6.45) is 3.80. The lowest BCUT2D eigenvalue weighted by molar-refractivity contribution is 0.108. The number of hydrazone groups is 1. The Kier molecular flexibility index (Phi) is 4.46. The highest BCUT2D eigenvalue weighted by Crippen LogP contribution is 2.23. The van der Waals surface area contributed by atoms with Crippen molar-refractivity contribution in [1.82, 2.24) is 5.01 Å². The molecule has 2 atom stereocenters. The lowest BCUT2D eigenvalue weighted by Gasteiger charge is -2.37. The van der Waals surface area contributed by atoms with Gasteiger partial charge in [0.1, 0.15) is 5.75 Å². The van der Waals surface area contributed by atoms with E-state index in [1.54, 1.807) is 7.11 Å². The van der Waals surface area contributed by atoms with Gasteiger partial charge < -0.3 is 4.74 Å². The van der Waals surface area contributed by atoms with Gasteiger partial charge in [-0.15, -0.1) is 0 Å². The van der Waals surface area contributed by atoms with Crippen molar-refractivity contribution in [2.24, 2.45) is 5.10 Å². The Hall–Kier alpha value is -1.51. The lowest BCUT2D eigenvalue weighted by Crippen LogP contribution is -2.40. The maximum Gasteiger partial charge on any atom is 0.118 e. The number of rotatable bonds is 3. The van der Waals surface area contributed by atoms with Crippen molar-refractivity contribution in [2.45, 2.75) is 52.1 Å². The van der Waals surface area contributed by atoms with Gasteiger partial charge in [0.05, 0.1) is 12.8 Å². The third-order valence-corrected chi connectivity index (χ3v) is 3.92. The van der Waals surface area contributed by atoms with Gasteiger partial charge in [-0.25, -0.2) is 0 Å². The van der Waals surface area contributed by atoms with E-state index in [0.29, 0.717) is 12.1 Å². The molecule has 0 aliphatic carbocycles. The number of nitrogens with zero attached hydrogens (tertiary/aromatic N) is 2. The van der Waals surface area contributed by atoms with E-state index in [4.69, 9.17) is 9.84 Å². The van der Waals surface area contributed by atoms with Gasteiger partial charge in [0, 0.05) is 12.1 Å². The first-order valence-corrected chi connectivity index (χ1v) is 7.09. The molecule has 0 bridgehead atoms. The van der Waals surface area contributed by atoms with Crippen LogP contribution in [-0.4, -0.2) is 29.9 Å². The molecule has 0 amide bonds. The standard InChI is InChI=1S/C16H24N2O/c1-12-6-5-7-13(2)18(12)17-14(3)15-8-10-16(19-4)11-9-15/h8-13H,5-7H2,1-4H3. The van der Waals surface area contributed by atoms with Crippen molar-refractivity contribution >= 4 is 5.71 Å². The predicted molar refractivity (Wildman–Crippen MR) is 79.8 cm³/mol. The zero-order valence-corrected chi connectivity index (χ0v) is 12.4. The van der Waals surface area contributed by atoms with Crippen LogP contribution in [0, 0.1) is 0 Å². The van der Waals surface area contributed by atoms with Crippen LogP contribution in [0.5, 0.6) is 5.75 Å². The minimum atomic E-state index is 0.539. The Balaban J connectivity index is 2.16. The number of benzene rings is 1. The number of piperidine rings is 1. The molecule has 19 heavy (non-hydrogen) atoms. The molecule has 1 aliphatic rings. The topological polar surface area (TPSA) is 24.8 Å². The van der Waals surface area contributed by atoms with Crippen LogP contribution >= 0.6 is 0 Å². The second-order valence-corrected chi connectivity index (χ2v) is 5.42. The fourth-order valence-corrected chi connectivity index (χ4v) is 2.67. The Morgan fingerprint density at radius 1 is 1.16 bits per heavy atom. The van der Waals surface area contributed by atoms with Crippen LogP contribution in [0.1, 0.15) is 45.6 Å². The molecule has 0 N–H and O–H groups in total. The Morgan fingerprint density at radius 3 is 2.26 bits per heavy atom. The van der Waals surface area contributed by atoms with Crippen LogP contribution in [-0.2, 0) is 0 Å². The molecule has 0 radical (unpaired) electrons. The normalized spacial score (nSPS) is 24.4. The van der Waals surface area contributed by atoms with E-state index in [1.165, 1.54) is 19.3 Å². The highest BCUT2D eigenvalue weighted by molar-refractivity contribution is 5.98. The molecule has 3 nitrogen and oxygen atoms in total. The zero-order valence-electron chi connectivity index (χ0n) is 12.4. The second kappa shape index (κ2) is 6.09. The van der Waals surface area contributed by atoms with Gasteiger partial charge in [-0.05, 0) is 69.9 Å². The Morgan fingerprint density at radius 2 is 1.74 bits per heavy atom. The molecule has 104 valence electrons. The number of methoxy groups -OCH3 is 1. The molecular formula is C16H24N2O. The summed E-state index contributed by atoms with van der Waals surface area (Å²) in [7, 11) is 1.69. The largest absolute Gasteiger partial charge is 0.497 e. The molecule has 1 aliphatic heterocycles. The molecule has 0 aromatic heterocycles. The van der Waals surface area contributed by atoms with Crippen molar-refractivity contribution in [3.8, 4) is 5.75 Å². The van der Waals surface area contributed by atoms with Crippen LogP contribution in [0.4, 0.5) is 0 Å². The summed E-state index contributed by atoms with van der Waals surface area (Å²) >= 11 is 0. The van der Waals surface area contributed by atoms with Gasteiger partial charge in [0.15, 0.2) is 0 Å². The summed E-state index contributed by atoms with van der Waals surface area (Å²) in [6, 6.07) is 9.18. The lowest BCUT2D eigenvalue weighted by atomic mass is 10.00. The summed E-state index contributed by atoms with van der Waals surface area (Å²) < 4.78 is 5.18. The molecular weight excluding hydrogens is 236 g/mol. The minimum absolute atomic E-state index is 0.539. The number of ether oxygens (including phenoxy) is 1.